The minimum absolute atomic E-state index is 0.0121. The van der Waals surface area contributed by atoms with E-state index in [-0.39, 0.29) is 6.61 Å². The molecule has 0 spiro atoms. The van der Waals surface area contributed by atoms with Gasteiger partial charge in [-0.25, -0.2) is 0 Å². The summed E-state index contributed by atoms with van der Waals surface area (Å²) >= 11 is 0. The van der Waals surface area contributed by atoms with Crippen molar-refractivity contribution in [2.24, 2.45) is 0 Å². The Bertz CT molecular complexity index is 1280. The van der Waals surface area contributed by atoms with E-state index in [1.54, 1.807) is 0 Å². The molecule has 0 amide bonds. The number of aliphatic hydroxyl groups is 1. The van der Waals surface area contributed by atoms with E-state index in [0.29, 0.717) is 6.61 Å². The summed E-state index contributed by atoms with van der Waals surface area (Å²) in [5, 5.41) is 11.6. The standard InChI is InChI=1S/C35H36O6/c1-34(2)40-31-30(39-33(32(31)41-34)37-23-25-15-7-3-8-16-25)29(36)24-38-35(26-17-9-4-10-18-26,27-19-11-5-12-20-27)28-21-13-6-14-22-28/h3-22,29-33,36H,23-24H2,1-2H3. The van der Waals surface area contributed by atoms with Crippen molar-refractivity contribution in [2.45, 2.75) is 62.5 Å². The van der Waals surface area contributed by atoms with E-state index in [1.165, 1.54) is 0 Å². The van der Waals surface area contributed by atoms with Crippen LogP contribution in [0.3, 0.4) is 0 Å². The van der Waals surface area contributed by atoms with Crippen LogP contribution in [-0.4, -0.2) is 48.2 Å². The Morgan fingerprint density at radius 2 is 1.17 bits per heavy atom. The van der Waals surface area contributed by atoms with E-state index in [9.17, 15) is 5.11 Å². The van der Waals surface area contributed by atoms with Crippen LogP contribution in [0.25, 0.3) is 0 Å². The number of fused-ring (bicyclic) bond motifs is 1. The molecule has 2 heterocycles. The van der Waals surface area contributed by atoms with Gasteiger partial charge < -0.3 is 28.8 Å². The van der Waals surface area contributed by atoms with Crippen molar-refractivity contribution in [3.05, 3.63) is 144 Å². The number of rotatable bonds is 10. The third-order valence-electron chi connectivity index (χ3n) is 7.69. The van der Waals surface area contributed by atoms with Gasteiger partial charge in [-0.05, 0) is 36.1 Å². The van der Waals surface area contributed by atoms with Crippen LogP contribution in [0.15, 0.2) is 121 Å². The van der Waals surface area contributed by atoms with Crippen LogP contribution in [0.1, 0.15) is 36.1 Å². The molecule has 2 aliphatic rings. The normalized spacial score (nSPS) is 24.2. The first-order valence-corrected chi connectivity index (χ1v) is 14.1. The Morgan fingerprint density at radius 1 is 0.707 bits per heavy atom. The lowest BCUT2D eigenvalue weighted by atomic mass is 9.80. The number of hydrogen-bond donors (Lipinski definition) is 1. The molecule has 41 heavy (non-hydrogen) atoms. The van der Waals surface area contributed by atoms with Gasteiger partial charge in [0.05, 0.1) is 13.2 Å². The maximum absolute atomic E-state index is 11.6. The molecular weight excluding hydrogens is 516 g/mol. The minimum atomic E-state index is -1.01. The van der Waals surface area contributed by atoms with E-state index in [1.807, 2.05) is 98.8 Å². The average Bonchev–Trinajstić information content (AvgIpc) is 3.51. The quantitative estimate of drug-likeness (QED) is 0.250. The van der Waals surface area contributed by atoms with Gasteiger partial charge in [0.25, 0.3) is 0 Å². The Labute approximate surface area is 241 Å². The average molecular weight is 553 g/mol. The predicted octanol–water partition coefficient (Wildman–Crippen LogP) is 5.82. The lowest BCUT2D eigenvalue weighted by Gasteiger charge is -2.37. The SMILES string of the molecule is CC1(C)OC2C(OCc3ccccc3)OC(C(O)COC(c3ccccc3)(c3ccccc3)c3ccccc3)C2O1. The fraction of sp³-hybridized carbons (Fsp3) is 0.314. The van der Waals surface area contributed by atoms with Crippen molar-refractivity contribution in [1.82, 2.24) is 0 Å². The molecule has 0 bridgehead atoms. The Morgan fingerprint density at radius 3 is 1.68 bits per heavy atom. The smallest absolute Gasteiger partial charge is 0.187 e. The summed E-state index contributed by atoms with van der Waals surface area (Å²) in [6.45, 7) is 4.08. The third kappa shape index (κ3) is 5.72. The second-order valence-corrected chi connectivity index (χ2v) is 11.0. The maximum Gasteiger partial charge on any atom is 0.187 e. The zero-order chi connectivity index (χ0) is 28.3. The van der Waals surface area contributed by atoms with Gasteiger partial charge in [0.15, 0.2) is 12.1 Å². The monoisotopic (exact) mass is 552 g/mol. The van der Waals surface area contributed by atoms with Crippen LogP contribution in [0.5, 0.6) is 0 Å². The molecule has 0 saturated carbocycles. The summed E-state index contributed by atoms with van der Waals surface area (Å²) in [7, 11) is 0. The second-order valence-electron chi connectivity index (χ2n) is 11.0. The van der Waals surface area contributed by atoms with Gasteiger partial charge in [-0.3, -0.25) is 0 Å². The summed E-state index contributed by atoms with van der Waals surface area (Å²) in [5.74, 6) is -0.825. The summed E-state index contributed by atoms with van der Waals surface area (Å²) < 4.78 is 31.7. The summed E-state index contributed by atoms with van der Waals surface area (Å²) in [5.41, 5.74) is 2.94. The molecule has 2 aliphatic heterocycles. The van der Waals surface area contributed by atoms with Crippen LogP contribution in [-0.2, 0) is 35.9 Å². The van der Waals surface area contributed by atoms with Crippen LogP contribution in [0.2, 0.25) is 0 Å². The highest BCUT2D eigenvalue weighted by Crippen LogP contribution is 2.43. The first-order valence-electron chi connectivity index (χ1n) is 14.1. The highest BCUT2D eigenvalue weighted by atomic mass is 16.8. The van der Waals surface area contributed by atoms with E-state index in [0.717, 1.165) is 22.3 Å². The summed E-state index contributed by atoms with van der Waals surface area (Å²) in [4.78, 5) is 0. The Hall–Kier alpha value is -3.36. The van der Waals surface area contributed by atoms with E-state index >= 15 is 0 Å². The van der Waals surface area contributed by atoms with Crippen LogP contribution in [0, 0.1) is 0 Å². The third-order valence-corrected chi connectivity index (χ3v) is 7.69. The van der Waals surface area contributed by atoms with Gasteiger partial charge in [-0.1, -0.05) is 121 Å². The molecule has 0 aromatic heterocycles. The molecule has 5 atom stereocenters. The molecule has 1 N–H and O–H groups in total. The minimum Gasteiger partial charge on any atom is -0.388 e. The van der Waals surface area contributed by atoms with Gasteiger partial charge in [0, 0.05) is 0 Å². The zero-order valence-electron chi connectivity index (χ0n) is 23.3. The molecule has 4 aromatic carbocycles. The first kappa shape index (κ1) is 27.8. The number of aliphatic hydroxyl groups excluding tert-OH is 1. The molecular formula is C35H36O6. The van der Waals surface area contributed by atoms with Crippen molar-refractivity contribution in [3.8, 4) is 0 Å². The highest BCUT2D eigenvalue weighted by molar-refractivity contribution is 5.47. The zero-order valence-corrected chi connectivity index (χ0v) is 23.3. The molecule has 2 fully saturated rings. The van der Waals surface area contributed by atoms with Crippen molar-refractivity contribution < 1.29 is 28.8 Å². The molecule has 6 rings (SSSR count). The van der Waals surface area contributed by atoms with Crippen LogP contribution in [0.4, 0.5) is 0 Å². The van der Waals surface area contributed by atoms with Crippen molar-refractivity contribution in [2.75, 3.05) is 6.61 Å². The number of ether oxygens (including phenoxy) is 5. The molecule has 212 valence electrons. The van der Waals surface area contributed by atoms with Gasteiger partial charge in [-0.15, -0.1) is 0 Å². The summed E-state index contributed by atoms with van der Waals surface area (Å²) in [6, 6.07) is 40.2. The highest BCUT2D eigenvalue weighted by Gasteiger charge is 2.58. The topological polar surface area (TPSA) is 66.4 Å². The first-order chi connectivity index (χ1) is 20.0. The number of hydrogen-bond acceptors (Lipinski definition) is 6. The second kappa shape index (κ2) is 11.9. The summed E-state index contributed by atoms with van der Waals surface area (Å²) in [6.07, 6.45) is -3.40. The van der Waals surface area contributed by atoms with Gasteiger partial charge in [0.1, 0.15) is 30.0 Å². The molecule has 6 heteroatoms. The van der Waals surface area contributed by atoms with Crippen LogP contribution < -0.4 is 0 Å². The fourth-order valence-electron chi connectivity index (χ4n) is 5.86. The fourth-order valence-corrected chi connectivity index (χ4v) is 5.86. The van der Waals surface area contributed by atoms with Gasteiger partial charge in [-0.2, -0.15) is 0 Å². The van der Waals surface area contributed by atoms with E-state index in [2.05, 4.69) is 36.4 Å². The molecule has 2 saturated heterocycles. The van der Waals surface area contributed by atoms with Gasteiger partial charge in [0.2, 0.25) is 0 Å². The maximum atomic E-state index is 11.6. The van der Waals surface area contributed by atoms with Crippen molar-refractivity contribution in [3.63, 3.8) is 0 Å². The molecule has 0 radical (unpaired) electrons. The molecule has 5 unspecified atom stereocenters. The largest absolute Gasteiger partial charge is 0.388 e. The molecule has 4 aromatic rings. The lowest BCUT2D eigenvalue weighted by Crippen LogP contribution is -2.44. The predicted molar refractivity (Wildman–Crippen MR) is 155 cm³/mol. The Balaban J connectivity index is 1.28. The number of benzene rings is 4. The lowest BCUT2D eigenvalue weighted by molar-refractivity contribution is -0.249. The Kier molecular flexibility index (Phi) is 8.04. The van der Waals surface area contributed by atoms with Crippen LogP contribution >= 0.6 is 0 Å². The van der Waals surface area contributed by atoms with Crippen molar-refractivity contribution >= 4 is 0 Å². The molecule has 0 aliphatic carbocycles. The van der Waals surface area contributed by atoms with E-state index < -0.39 is 42.1 Å². The molecule has 6 nitrogen and oxygen atoms in total. The van der Waals surface area contributed by atoms with Gasteiger partial charge >= 0.3 is 0 Å². The van der Waals surface area contributed by atoms with Crippen molar-refractivity contribution in [1.29, 1.82) is 0 Å². The van der Waals surface area contributed by atoms with E-state index in [4.69, 9.17) is 23.7 Å².